The maximum atomic E-state index is 12.4. The van der Waals surface area contributed by atoms with Crippen LogP contribution in [0.2, 0.25) is 0 Å². The van der Waals surface area contributed by atoms with Gasteiger partial charge in [-0.05, 0) is 18.4 Å². The first kappa shape index (κ1) is 16.3. The Balaban J connectivity index is 1.41. The summed E-state index contributed by atoms with van der Waals surface area (Å²) in [6.07, 6.45) is 3.71. The van der Waals surface area contributed by atoms with E-state index >= 15 is 0 Å². The number of hydrogen-bond donors (Lipinski definition) is 1. The third kappa shape index (κ3) is 4.45. The Morgan fingerprint density at radius 2 is 1.96 bits per heavy atom. The smallest absolute Gasteiger partial charge is 0.317 e. The molecular formula is C18H26N2O3. The third-order valence-electron chi connectivity index (χ3n) is 4.70. The average Bonchev–Trinajstić information content (AvgIpc) is 2.60. The van der Waals surface area contributed by atoms with E-state index in [2.05, 4.69) is 29.6 Å². The number of carbonyl (C=O) groups is 1. The molecular weight excluding hydrogens is 292 g/mol. The lowest BCUT2D eigenvalue weighted by Crippen LogP contribution is -2.57. The van der Waals surface area contributed by atoms with E-state index in [1.165, 1.54) is 5.56 Å². The fourth-order valence-corrected chi connectivity index (χ4v) is 3.31. The van der Waals surface area contributed by atoms with E-state index < -0.39 is 0 Å². The maximum absolute atomic E-state index is 12.4. The van der Waals surface area contributed by atoms with Crippen LogP contribution in [0.4, 0.5) is 4.79 Å². The molecule has 0 saturated carbocycles. The van der Waals surface area contributed by atoms with Gasteiger partial charge >= 0.3 is 6.03 Å². The number of benzene rings is 1. The van der Waals surface area contributed by atoms with Gasteiger partial charge in [-0.3, -0.25) is 0 Å². The topological polar surface area (TPSA) is 50.8 Å². The molecule has 2 saturated heterocycles. The molecule has 5 heteroatoms. The van der Waals surface area contributed by atoms with Crippen LogP contribution in [-0.4, -0.2) is 56.0 Å². The molecule has 2 amide bonds. The standard InChI is InChI=1S/C18H26N2O3/c21-17(19-10-4-7-16-5-2-1-3-6-16)20-11-14-23-18(15-20)8-12-22-13-9-18/h1-3,5-6H,4,7-15H2,(H,19,21). The van der Waals surface area contributed by atoms with Crippen LogP contribution >= 0.6 is 0 Å². The van der Waals surface area contributed by atoms with Gasteiger partial charge < -0.3 is 19.7 Å². The summed E-state index contributed by atoms with van der Waals surface area (Å²) in [5.74, 6) is 0. The minimum absolute atomic E-state index is 0.0345. The predicted octanol–water partition coefficient (Wildman–Crippen LogP) is 2.21. The highest BCUT2D eigenvalue weighted by atomic mass is 16.5. The number of rotatable bonds is 4. The Morgan fingerprint density at radius 1 is 1.17 bits per heavy atom. The molecule has 0 atom stereocenters. The number of amides is 2. The fraction of sp³-hybridized carbons (Fsp3) is 0.611. The molecule has 0 radical (unpaired) electrons. The zero-order valence-corrected chi connectivity index (χ0v) is 13.6. The molecule has 0 bridgehead atoms. The number of aryl methyl sites for hydroxylation is 1. The van der Waals surface area contributed by atoms with Gasteiger partial charge in [0.25, 0.3) is 0 Å². The van der Waals surface area contributed by atoms with Crippen LogP contribution < -0.4 is 5.32 Å². The van der Waals surface area contributed by atoms with Crippen LogP contribution in [0.1, 0.15) is 24.8 Å². The number of carbonyl (C=O) groups excluding carboxylic acids is 1. The Morgan fingerprint density at radius 3 is 2.74 bits per heavy atom. The van der Waals surface area contributed by atoms with Crippen molar-refractivity contribution < 1.29 is 14.3 Å². The summed E-state index contributed by atoms with van der Waals surface area (Å²) in [6, 6.07) is 10.4. The van der Waals surface area contributed by atoms with E-state index in [4.69, 9.17) is 9.47 Å². The first-order valence-electron chi connectivity index (χ1n) is 8.56. The van der Waals surface area contributed by atoms with Crippen molar-refractivity contribution in [3.8, 4) is 0 Å². The van der Waals surface area contributed by atoms with Gasteiger partial charge in [-0.25, -0.2) is 4.79 Å². The summed E-state index contributed by atoms with van der Waals surface area (Å²) >= 11 is 0. The normalized spacial score (nSPS) is 20.4. The number of hydrogen-bond acceptors (Lipinski definition) is 3. The van der Waals surface area contributed by atoms with Crippen molar-refractivity contribution in [3.63, 3.8) is 0 Å². The van der Waals surface area contributed by atoms with Gasteiger partial charge in [-0.1, -0.05) is 30.3 Å². The van der Waals surface area contributed by atoms with E-state index in [0.29, 0.717) is 26.2 Å². The first-order chi connectivity index (χ1) is 11.3. The fourth-order valence-electron chi connectivity index (χ4n) is 3.31. The second-order valence-corrected chi connectivity index (χ2v) is 6.39. The largest absolute Gasteiger partial charge is 0.381 e. The van der Waals surface area contributed by atoms with Gasteiger partial charge in [-0.2, -0.15) is 0 Å². The maximum Gasteiger partial charge on any atom is 0.317 e. The monoisotopic (exact) mass is 318 g/mol. The lowest BCUT2D eigenvalue weighted by Gasteiger charge is -2.44. The first-order valence-corrected chi connectivity index (χ1v) is 8.56. The molecule has 2 heterocycles. The Kier molecular flexibility index (Phi) is 5.51. The Hall–Kier alpha value is -1.59. The molecule has 1 aromatic rings. The van der Waals surface area contributed by atoms with E-state index in [1.807, 2.05) is 11.0 Å². The molecule has 5 nitrogen and oxygen atoms in total. The molecule has 1 spiro atoms. The number of ether oxygens (including phenoxy) is 2. The second kappa shape index (κ2) is 7.79. The molecule has 2 aliphatic heterocycles. The molecule has 3 rings (SSSR count). The molecule has 0 aromatic heterocycles. The van der Waals surface area contributed by atoms with Crippen LogP contribution in [-0.2, 0) is 15.9 Å². The van der Waals surface area contributed by atoms with Crippen LogP contribution in [0.3, 0.4) is 0 Å². The number of morpholine rings is 1. The van der Waals surface area contributed by atoms with Gasteiger partial charge in [0, 0.05) is 39.1 Å². The zero-order valence-electron chi connectivity index (χ0n) is 13.6. The lowest BCUT2D eigenvalue weighted by molar-refractivity contribution is -0.145. The van der Waals surface area contributed by atoms with Gasteiger partial charge in [-0.15, -0.1) is 0 Å². The van der Waals surface area contributed by atoms with Crippen molar-refractivity contribution >= 4 is 6.03 Å². The summed E-state index contributed by atoms with van der Waals surface area (Å²) in [5.41, 5.74) is 1.13. The average molecular weight is 318 g/mol. The molecule has 1 N–H and O–H groups in total. The van der Waals surface area contributed by atoms with Crippen molar-refractivity contribution in [1.82, 2.24) is 10.2 Å². The predicted molar refractivity (Wildman–Crippen MR) is 88.5 cm³/mol. The highest BCUT2D eigenvalue weighted by molar-refractivity contribution is 5.74. The third-order valence-corrected chi connectivity index (χ3v) is 4.70. The highest BCUT2D eigenvalue weighted by Gasteiger charge is 2.39. The number of nitrogens with one attached hydrogen (secondary N) is 1. The minimum atomic E-state index is -0.183. The van der Waals surface area contributed by atoms with Gasteiger partial charge in [0.15, 0.2) is 0 Å². The van der Waals surface area contributed by atoms with Crippen LogP contribution in [0.25, 0.3) is 0 Å². The lowest BCUT2D eigenvalue weighted by atomic mass is 9.92. The van der Waals surface area contributed by atoms with Gasteiger partial charge in [0.1, 0.15) is 0 Å². The van der Waals surface area contributed by atoms with Crippen molar-refractivity contribution in [3.05, 3.63) is 35.9 Å². The molecule has 0 unspecified atom stereocenters. The number of nitrogens with zero attached hydrogens (tertiary/aromatic N) is 1. The van der Waals surface area contributed by atoms with Crippen LogP contribution in [0.15, 0.2) is 30.3 Å². The van der Waals surface area contributed by atoms with Crippen molar-refractivity contribution in [2.45, 2.75) is 31.3 Å². The molecule has 126 valence electrons. The van der Waals surface area contributed by atoms with E-state index in [-0.39, 0.29) is 11.6 Å². The summed E-state index contributed by atoms with van der Waals surface area (Å²) in [6.45, 7) is 4.14. The SMILES string of the molecule is O=C(NCCCc1ccccc1)N1CCOC2(CCOCC2)C1. The summed E-state index contributed by atoms with van der Waals surface area (Å²) < 4.78 is 11.4. The van der Waals surface area contributed by atoms with Crippen molar-refractivity contribution in [2.75, 3.05) is 39.5 Å². The van der Waals surface area contributed by atoms with E-state index in [9.17, 15) is 4.79 Å². The quantitative estimate of drug-likeness (QED) is 0.866. The van der Waals surface area contributed by atoms with Gasteiger partial charge in [0.05, 0.1) is 18.8 Å². The molecule has 0 aliphatic carbocycles. The Labute approximate surface area is 137 Å². The molecule has 2 fully saturated rings. The summed E-state index contributed by atoms with van der Waals surface area (Å²) in [4.78, 5) is 14.3. The van der Waals surface area contributed by atoms with Crippen molar-refractivity contribution in [1.29, 1.82) is 0 Å². The van der Waals surface area contributed by atoms with Crippen molar-refractivity contribution in [2.24, 2.45) is 0 Å². The molecule has 1 aromatic carbocycles. The Bertz CT molecular complexity index is 495. The summed E-state index contributed by atoms with van der Waals surface area (Å²) in [7, 11) is 0. The summed E-state index contributed by atoms with van der Waals surface area (Å²) in [5, 5.41) is 3.04. The van der Waals surface area contributed by atoms with Gasteiger partial charge in [0.2, 0.25) is 0 Å². The van der Waals surface area contributed by atoms with Crippen LogP contribution in [0.5, 0.6) is 0 Å². The van der Waals surface area contributed by atoms with Crippen LogP contribution in [0, 0.1) is 0 Å². The van der Waals surface area contributed by atoms with E-state index in [0.717, 1.165) is 38.9 Å². The highest BCUT2D eigenvalue weighted by Crippen LogP contribution is 2.28. The number of urea groups is 1. The molecule has 23 heavy (non-hydrogen) atoms. The minimum Gasteiger partial charge on any atom is -0.381 e. The second-order valence-electron chi connectivity index (χ2n) is 6.39. The molecule has 2 aliphatic rings. The van der Waals surface area contributed by atoms with E-state index in [1.54, 1.807) is 0 Å². The zero-order chi connectivity index (χ0) is 16.0.